The van der Waals surface area contributed by atoms with Gasteiger partial charge in [0.05, 0.1) is 23.4 Å². The smallest absolute Gasteiger partial charge is 0.335 e. The van der Waals surface area contributed by atoms with Crippen LogP contribution in [0.3, 0.4) is 0 Å². The van der Waals surface area contributed by atoms with E-state index in [4.69, 9.17) is 4.74 Å². The Hall–Kier alpha value is -4.73. The summed E-state index contributed by atoms with van der Waals surface area (Å²) in [5.74, 6) is -1.13. The number of hydrogen-bond acceptors (Lipinski definition) is 6. The number of hydrogen-bond donors (Lipinski definition) is 1. The van der Waals surface area contributed by atoms with Crippen molar-refractivity contribution in [2.75, 3.05) is 12.0 Å². The number of carbonyl (C=O) groups is 3. The van der Waals surface area contributed by atoms with E-state index in [1.807, 2.05) is 19.9 Å². The summed E-state index contributed by atoms with van der Waals surface area (Å²) in [5.41, 5.74) is 4.07. The minimum atomic E-state index is -0.820. The third kappa shape index (κ3) is 4.24. The van der Waals surface area contributed by atoms with Crippen LogP contribution in [0.15, 0.2) is 48.0 Å². The predicted octanol–water partition coefficient (Wildman–Crippen LogP) is 4.29. The molecule has 1 N–H and O–H groups in total. The summed E-state index contributed by atoms with van der Waals surface area (Å²) < 4.78 is 7.16. The zero-order valence-corrected chi connectivity index (χ0v) is 20.4. The van der Waals surface area contributed by atoms with Crippen LogP contribution in [0.2, 0.25) is 0 Å². The topological polar surface area (TPSA) is 124 Å². The highest BCUT2D eigenvalue weighted by atomic mass is 16.6. The quantitative estimate of drug-likeness (QED) is 0.247. The molecule has 0 radical (unpaired) electrons. The van der Waals surface area contributed by atoms with Gasteiger partial charge in [-0.1, -0.05) is 6.07 Å². The van der Waals surface area contributed by atoms with Crippen molar-refractivity contribution in [2.24, 2.45) is 0 Å². The van der Waals surface area contributed by atoms with Gasteiger partial charge in [-0.2, -0.15) is 0 Å². The van der Waals surface area contributed by atoms with Gasteiger partial charge in [0.1, 0.15) is 11.3 Å². The third-order valence-electron chi connectivity index (χ3n) is 5.95. The molecule has 10 heteroatoms. The molecule has 0 atom stereocenters. The molecule has 184 valence electrons. The van der Waals surface area contributed by atoms with Crippen LogP contribution in [0.25, 0.3) is 11.8 Å². The number of aryl methyl sites for hydroxylation is 3. The van der Waals surface area contributed by atoms with E-state index < -0.39 is 22.8 Å². The maximum absolute atomic E-state index is 13.3. The summed E-state index contributed by atoms with van der Waals surface area (Å²) in [7, 11) is 1.46. The first-order valence-corrected chi connectivity index (χ1v) is 11.0. The Bertz CT molecular complexity index is 1460. The molecular weight excluding hydrogens is 464 g/mol. The van der Waals surface area contributed by atoms with Crippen LogP contribution in [0, 0.1) is 37.8 Å². The molecular formula is C26H24N4O6. The second-order valence-electron chi connectivity index (χ2n) is 8.58. The first kappa shape index (κ1) is 24.4. The molecule has 10 nitrogen and oxygen atoms in total. The van der Waals surface area contributed by atoms with Gasteiger partial charge in [-0.25, -0.2) is 9.69 Å². The number of amides is 4. The fourth-order valence-corrected chi connectivity index (χ4v) is 4.40. The second-order valence-corrected chi connectivity index (χ2v) is 8.58. The number of carbonyl (C=O) groups excluding carboxylic acids is 3. The van der Waals surface area contributed by atoms with Crippen molar-refractivity contribution in [3.8, 4) is 11.4 Å². The van der Waals surface area contributed by atoms with E-state index >= 15 is 0 Å². The highest BCUT2D eigenvalue weighted by Crippen LogP contribution is 2.32. The Kier molecular flexibility index (Phi) is 6.19. The van der Waals surface area contributed by atoms with Gasteiger partial charge in [0.15, 0.2) is 0 Å². The minimum Gasteiger partial charge on any atom is -0.495 e. The number of aromatic nitrogens is 1. The van der Waals surface area contributed by atoms with Crippen molar-refractivity contribution in [3.63, 3.8) is 0 Å². The molecule has 0 bridgehead atoms. The molecule has 2 aromatic carbocycles. The van der Waals surface area contributed by atoms with E-state index in [1.165, 1.54) is 31.4 Å². The monoisotopic (exact) mass is 488 g/mol. The van der Waals surface area contributed by atoms with E-state index in [2.05, 4.69) is 5.32 Å². The lowest BCUT2D eigenvalue weighted by atomic mass is 10.1. The molecule has 1 saturated heterocycles. The van der Waals surface area contributed by atoms with Crippen LogP contribution in [0.4, 0.5) is 16.2 Å². The summed E-state index contributed by atoms with van der Waals surface area (Å²) in [5, 5.41) is 13.6. The average molecular weight is 489 g/mol. The van der Waals surface area contributed by atoms with Crippen molar-refractivity contribution in [2.45, 2.75) is 27.7 Å². The summed E-state index contributed by atoms with van der Waals surface area (Å²) >= 11 is 0. The van der Waals surface area contributed by atoms with E-state index in [0.717, 1.165) is 16.0 Å². The summed E-state index contributed by atoms with van der Waals surface area (Å²) in [6.07, 6.45) is 1.42. The fraction of sp³-hybridized carbons (Fsp3) is 0.192. The summed E-state index contributed by atoms with van der Waals surface area (Å²) in [4.78, 5) is 50.4. The number of nitrogens with one attached hydrogen (secondary N) is 1. The molecule has 4 rings (SSSR count). The average Bonchev–Trinajstić information content (AvgIpc) is 3.07. The minimum absolute atomic E-state index is 0.109. The molecule has 4 amide bonds. The van der Waals surface area contributed by atoms with E-state index in [1.54, 1.807) is 36.6 Å². The number of nitrogens with zero attached hydrogens (tertiary/aromatic N) is 3. The number of methoxy groups -OCH3 is 1. The molecule has 1 aliphatic rings. The number of rotatable bonds is 5. The molecule has 36 heavy (non-hydrogen) atoms. The van der Waals surface area contributed by atoms with Gasteiger partial charge in [-0.15, -0.1) is 0 Å². The van der Waals surface area contributed by atoms with Crippen LogP contribution in [-0.4, -0.2) is 34.4 Å². The van der Waals surface area contributed by atoms with Crippen molar-refractivity contribution in [1.29, 1.82) is 0 Å². The lowest BCUT2D eigenvalue weighted by molar-refractivity contribution is -0.384. The molecule has 0 saturated carbocycles. The SMILES string of the molecule is COc1ccc([N+](=O)[O-])cc1-n1c(C)cc(/C=C2\C(=O)NC(=O)N(c3cc(C)cc(C)c3)C2=O)c1C. The lowest BCUT2D eigenvalue weighted by Gasteiger charge is -2.27. The molecule has 1 aliphatic heterocycles. The lowest BCUT2D eigenvalue weighted by Crippen LogP contribution is -2.54. The Morgan fingerprint density at radius 2 is 1.64 bits per heavy atom. The standard InChI is InChI=1S/C26H24N4O6/c1-14-8-15(2)10-20(9-14)29-25(32)21(24(31)27-26(29)33)12-18-11-16(3)28(17(18)4)22-13-19(30(34)35)6-7-23(22)36-5/h6-13H,1-5H3,(H,27,31,33)/b21-12+. The number of barbiturate groups is 1. The first-order chi connectivity index (χ1) is 17.0. The zero-order chi connectivity index (χ0) is 26.3. The number of imide groups is 2. The maximum atomic E-state index is 13.3. The number of nitro benzene ring substituents is 1. The van der Waals surface area contributed by atoms with Gasteiger partial charge in [-0.05, 0) is 74.7 Å². The van der Waals surface area contributed by atoms with Crippen molar-refractivity contribution < 1.29 is 24.0 Å². The largest absolute Gasteiger partial charge is 0.495 e. The van der Waals surface area contributed by atoms with Gasteiger partial charge in [0, 0.05) is 23.5 Å². The van der Waals surface area contributed by atoms with Crippen LogP contribution in [0.1, 0.15) is 28.1 Å². The Morgan fingerprint density at radius 3 is 2.25 bits per heavy atom. The Labute approximate surface area is 206 Å². The molecule has 0 unspecified atom stereocenters. The number of urea groups is 1. The van der Waals surface area contributed by atoms with Gasteiger partial charge < -0.3 is 9.30 Å². The maximum Gasteiger partial charge on any atom is 0.335 e. The third-order valence-corrected chi connectivity index (χ3v) is 5.95. The number of nitro groups is 1. The normalized spacial score (nSPS) is 14.9. The fourth-order valence-electron chi connectivity index (χ4n) is 4.40. The van der Waals surface area contributed by atoms with Crippen molar-refractivity contribution in [1.82, 2.24) is 9.88 Å². The van der Waals surface area contributed by atoms with Gasteiger partial charge >= 0.3 is 6.03 Å². The van der Waals surface area contributed by atoms with Crippen LogP contribution >= 0.6 is 0 Å². The zero-order valence-electron chi connectivity index (χ0n) is 20.4. The number of non-ortho nitro benzene ring substituents is 1. The molecule has 2 heterocycles. The molecule has 3 aromatic rings. The van der Waals surface area contributed by atoms with Gasteiger partial charge in [0.2, 0.25) is 0 Å². The predicted molar refractivity (Wildman–Crippen MR) is 133 cm³/mol. The van der Waals surface area contributed by atoms with E-state index in [-0.39, 0.29) is 11.3 Å². The highest BCUT2D eigenvalue weighted by molar-refractivity contribution is 6.39. The van der Waals surface area contributed by atoms with Crippen molar-refractivity contribution >= 4 is 35.3 Å². The first-order valence-electron chi connectivity index (χ1n) is 11.0. The number of ether oxygens (including phenoxy) is 1. The molecule has 1 fully saturated rings. The van der Waals surface area contributed by atoms with Gasteiger partial charge in [0.25, 0.3) is 17.5 Å². The second kappa shape index (κ2) is 9.14. The van der Waals surface area contributed by atoms with E-state index in [9.17, 15) is 24.5 Å². The van der Waals surface area contributed by atoms with Crippen LogP contribution in [-0.2, 0) is 9.59 Å². The Balaban J connectivity index is 1.82. The highest BCUT2D eigenvalue weighted by Gasteiger charge is 2.37. The van der Waals surface area contributed by atoms with Gasteiger partial charge in [-0.3, -0.25) is 25.0 Å². The van der Waals surface area contributed by atoms with Crippen LogP contribution < -0.4 is 15.0 Å². The van der Waals surface area contributed by atoms with Crippen LogP contribution in [0.5, 0.6) is 5.75 Å². The molecule has 1 aromatic heterocycles. The van der Waals surface area contributed by atoms with Crippen molar-refractivity contribution in [3.05, 3.63) is 86.2 Å². The summed E-state index contributed by atoms with van der Waals surface area (Å²) in [6.45, 7) is 7.25. The molecule has 0 aliphatic carbocycles. The number of benzene rings is 2. The Morgan fingerprint density at radius 1 is 0.972 bits per heavy atom. The van der Waals surface area contributed by atoms with E-state index in [0.29, 0.717) is 34.1 Å². The molecule has 0 spiro atoms. The number of anilines is 1. The summed E-state index contributed by atoms with van der Waals surface area (Å²) in [6, 6.07) is 10.5.